The number of anilines is 1. The van der Waals surface area contributed by atoms with E-state index >= 15 is 0 Å². The van der Waals surface area contributed by atoms with Crippen molar-refractivity contribution < 1.29 is 14.3 Å². The van der Waals surface area contributed by atoms with Crippen LogP contribution in [0.4, 0.5) is 5.69 Å². The predicted molar refractivity (Wildman–Crippen MR) is 90.7 cm³/mol. The van der Waals surface area contributed by atoms with Gasteiger partial charge in [-0.3, -0.25) is 9.59 Å². The average molecular weight is 333 g/mol. The minimum atomic E-state index is -0.624. The smallest absolute Gasteiger partial charge is 0.260 e. The molecule has 0 unspecified atom stereocenters. The standard InChI is InChI=1S/C16H19N3O3S/c17-12-11-10(22-7-8-3-1-2-4-8)6-5-9(15(18)20)13(11)23-14(12)16(19)21/h5-6,8H,1-4,7,17H2,(H2,18,20)(H2,19,21). The lowest BCUT2D eigenvalue weighted by molar-refractivity contribution is 0.0994. The lowest BCUT2D eigenvalue weighted by Crippen LogP contribution is -2.12. The number of fused-ring (bicyclic) bond motifs is 1. The largest absolute Gasteiger partial charge is 0.493 e. The number of rotatable bonds is 5. The Morgan fingerprint density at radius 1 is 1.17 bits per heavy atom. The Labute approximate surface area is 137 Å². The maximum atomic E-state index is 11.6. The normalized spacial score (nSPS) is 15.1. The summed E-state index contributed by atoms with van der Waals surface area (Å²) >= 11 is 1.08. The van der Waals surface area contributed by atoms with E-state index in [2.05, 4.69) is 0 Å². The number of nitrogen functional groups attached to an aromatic ring is 1. The van der Waals surface area contributed by atoms with Crippen LogP contribution in [0.2, 0.25) is 0 Å². The van der Waals surface area contributed by atoms with Crippen LogP contribution in [0.1, 0.15) is 45.7 Å². The van der Waals surface area contributed by atoms with Crippen LogP contribution >= 0.6 is 11.3 Å². The van der Waals surface area contributed by atoms with E-state index in [9.17, 15) is 9.59 Å². The molecule has 1 heterocycles. The lowest BCUT2D eigenvalue weighted by atomic mass is 10.1. The predicted octanol–water partition coefficient (Wildman–Crippen LogP) is 2.25. The zero-order valence-corrected chi connectivity index (χ0v) is 13.4. The van der Waals surface area contributed by atoms with Gasteiger partial charge in [-0.15, -0.1) is 11.3 Å². The van der Waals surface area contributed by atoms with E-state index in [1.807, 2.05) is 0 Å². The molecule has 1 aliphatic carbocycles. The number of carbonyl (C=O) groups is 2. The second kappa shape index (κ2) is 6.08. The maximum absolute atomic E-state index is 11.6. The molecule has 6 nitrogen and oxygen atoms in total. The van der Waals surface area contributed by atoms with Crippen LogP contribution in [0, 0.1) is 5.92 Å². The molecule has 1 aromatic heterocycles. The highest BCUT2D eigenvalue weighted by Crippen LogP contribution is 2.41. The van der Waals surface area contributed by atoms with E-state index in [1.165, 1.54) is 12.8 Å². The Balaban J connectivity index is 2.05. The molecule has 3 rings (SSSR count). The third-order valence-electron chi connectivity index (χ3n) is 4.28. The summed E-state index contributed by atoms with van der Waals surface area (Å²) in [5.41, 5.74) is 17.4. The van der Waals surface area contributed by atoms with Crippen molar-refractivity contribution in [1.82, 2.24) is 0 Å². The van der Waals surface area contributed by atoms with Gasteiger partial charge in [0.1, 0.15) is 10.6 Å². The summed E-state index contributed by atoms with van der Waals surface area (Å²) in [5.74, 6) is -0.0926. The number of thiophene rings is 1. The number of primary amides is 2. The fourth-order valence-electron chi connectivity index (χ4n) is 3.08. The van der Waals surface area contributed by atoms with Gasteiger partial charge in [-0.25, -0.2) is 0 Å². The molecule has 1 aliphatic rings. The molecule has 2 aromatic rings. The van der Waals surface area contributed by atoms with Crippen molar-refractivity contribution in [3.05, 3.63) is 22.6 Å². The third-order valence-corrected chi connectivity index (χ3v) is 5.53. The monoisotopic (exact) mass is 333 g/mol. The molecule has 0 spiro atoms. The van der Waals surface area contributed by atoms with Crippen molar-refractivity contribution in [2.45, 2.75) is 25.7 Å². The number of nitrogens with two attached hydrogens (primary N) is 3. The average Bonchev–Trinajstić information content (AvgIpc) is 3.13. The third kappa shape index (κ3) is 2.84. The first-order valence-corrected chi connectivity index (χ1v) is 8.38. The first kappa shape index (κ1) is 15.6. The highest BCUT2D eigenvalue weighted by atomic mass is 32.1. The molecule has 1 saturated carbocycles. The van der Waals surface area contributed by atoms with Gasteiger partial charge in [-0.05, 0) is 30.9 Å². The van der Waals surface area contributed by atoms with E-state index in [-0.39, 0.29) is 10.6 Å². The molecule has 1 aromatic carbocycles. The Kier molecular flexibility index (Phi) is 4.12. The van der Waals surface area contributed by atoms with Gasteiger partial charge < -0.3 is 21.9 Å². The fourth-order valence-corrected chi connectivity index (χ4v) is 4.19. The molecule has 122 valence electrons. The topological polar surface area (TPSA) is 121 Å². The fraction of sp³-hybridized carbons (Fsp3) is 0.375. The van der Waals surface area contributed by atoms with Crippen LogP contribution in [0.25, 0.3) is 10.1 Å². The van der Waals surface area contributed by atoms with Gasteiger partial charge in [-0.2, -0.15) is 0 Å². The molecular weight excluding hydrogens is 314 g/mol. The Bertz CT molecular complexity index is 778. The summed E-state index contributed by atoms with van der Waals surface area (Å²) in [7, 11) is 0. The highest BCUT2D eigenvalue weighted by Gasteiger charge is 2.23. The second-order valence-electron chi connectivity index (χ2n) is 5.85. The van der Waals surface area contributed by atoms with E-state index in [0.29, 0.717) is 33.9 Å². The van der Waals surface area contributed by atoms with Crippen molar-refractivity contribution in [2.24, 2.45) is 17.4 Å². The molecule has 6 N–H and O–H groups in total. The van der Waals surface area contributed by atoms with Gasteiger partial charge in [0.25, 0.3) is 5.91 Å². The van der Waals surface area contributed by atoms with Crippen LogP contribution in [0.3, 0.4) is 0 Å². The maximum Gasteiger partial charge on any atom is 0.260 e. The van der Waals surface area contributed by atoms with Crippen molar-refractivity contribution in [1.29, 1.82) is 0 Å². The van der Waals surface area contributed by atoms with Gasteiger partial charge >= 0.3 is 0 Å². The van der Waals surface area contributed by atoms with Crippen molar-refractivity contribution in [3.63, 3.8) is 0 Å². The Morgan fingerprint density at radius 2 is 1.87 bits per heavy atom. The minimum absolute atomic E-state index is 0.222. The number of benzene rings is 1. The molecule has 2 amide bonds. The molecule has 23 heavy (non-hydrogen) atoms. The summed E-state index contributed by atoms with van der Waals surface area (Å²) in [6, 6.07) is 3.29. The lowest BCUT2D eigenvalue weighted by Gasteiger charge is -2.13. The van der Waals surface area contributed by atoms with Crippen LogP contribution < -0.4 is 21.9 Å². The summed E-state index contributed by atoms with van der Waals surface area (Å²) in [6.45, 7) is 0.603. The zero-order valence-electron chi connectivity index (χ0n) is 12.6. The Morgan fingerprint density at radius 3 is 2.48 bits per heavy atom. The van der Waals surface area contributed by atoms with E-state index in [0.717, 1.165) is 24.2 Å². The van der Waals surface area contributed by atoms with Crippen molar-refractivity contribution in [2.75, 3.05) is 12.3 Å². The second-order valence-corrected chi connectivity index (χ2v) is 6.87. The molecule has 0 bridgehead atoms. The summed E-state index contributed by atoms with van der Waals surface area (Å²) in [6.07, 6.45) is 4.79. The SMILES string of the molecule is NC(=O)c1sc2c(C(N)=O)ccc(OCC3CCCC3)c2c1N. The molecule has 0 saturated heterocycles. The summed E-state index contributed by atoms with van der Waals surface area (Å²) in [5, 5.41) is 0.554. The molecule has 7 heteroatoms. The van der Waals surface area contributed by atoms with Gasteiger partial charge in [0.15, 0.2) is 0 Å². The van der Waals surface area contributed by atoms with Crippen LogP contribution in [0.15, 0.2) is 12.1 Å². The number of amides is 2. The molecular formula is C16H19N3O3S. The summed E-state index contributed by atoms with van der Waals surface area (Å²) < 4.78 is 6.48. The van der Waals surface area contributed by atoms with Gasteiger partial charge in [0.05, 0.1) is 27.9 Å². The summed E-state index contributed by atoms with van der Waals surface area (Å²) in [4.78, 5) is 23.4. The molecule has 1 fully saturated rings. The van der Waals surface area contributed by atoms with E-state index < -0.39 is 11.8 Å². The van der Waals surface area contributed by atoms with Gasteiger partial charge in [0, 0.05) is 0 Å². The van der Waals surface area contributed by atoms with Crippen LogP contribution in [-0.2, 0) is 0 Å². The van der Waals surface area contributed by atoms with E-state index in [1.54, 1.807) is 12.1 Å². The molecule has 0 aliphatic heterocycles. The van der Waals surface area contributed by atoms with Gasteiger partial charge in [0.2, 0.25) is 5.91 Å². The van der Waals surface area contributed by atoms with Gasteiger partial charge in [-0.1, -0.05) is 12.8 Å². The number of hydrogen-bond donors (Lipinski definition) is 3. The number of ether oxygens (including phenoxy) is 1. The van der Waals surface area contributed by atoms with Crippen molar-refractivity contribution >= 4 is 38.9 Å². The molecule has 0 atom stereocenters. The number of carbonyl (C=O) groups excluding carboxylic acids is 2. The van der Waals surface area contributed by atoms with E-state index in [4.69, 9.17) is 21.9 Å². The Hall–Kier alpha value is -2.28. The first-order chi connectivity index (χ1) is 11.0. The van der Waals surface area contributed by atoms with Crippen molar-refractivity contribution in [3.8, 4) is 5.75 Å². The van der Waals surface area contributed by atoms with Crippen LogP contribution in [0.5, 0.6) is 5.75 Å². The first-order valence-electron chi connectivity index (χ1n) is 7.56. The molecule has 0 radical (unpaired) electrons. The highest BCUT2D eigenvalue weighted by molar-refractivity contribution is 7.22. The quantitative estimate of drug-likeness (QED) is 0.776. The minimum Gasteiger partial charge on any atom is -0.493 e. The van der Waals surface area contributed by atoms with Crippen LogP contribution in [-0.4, -0.2) is 18.4 Å². The number of hydrogen-bond acceptors (Lipinski definition) is 5. The zero-order chi connectivity index (χ0) is 16.6.